The van der Waals surface area contributed by atoms with Gasteiger partial charge in [0.15, 0.2) is 5.78 Å². The molecule has 52 heavy (non-hydrogen) atoms. The molecule has 1 aliphatic carbocycles. The number of ether oxygens (including phenoxy) is 4. The molecule has 0 atom stereocenters. The minimum Gasteiger partial charge on any atom is -0.444 e. The number of aromatic nitrogens is 4. The Hall–Kier alpha value is -4.18. The van der Waals surface area contributed by atoms with Gasteiger partial charge in [0.2, 0.25) is 5.95 Å². The summed E-state index contributed by atoms with van der Waals surface area (Å²) in [6.07, 6.45) is 6.98. The van der Waals surface area contributed by atoms with Crippen LogP contribution in [0.3, 0.4) is 0 Å². The number of anilines is 3. The standard InChI is InChI=1S/C37H54N8O7/c1-26-30-25-40-35(42-33(30)45(28-8-6-7-9-28)34(47)32(26)27(2)46)41-31-11-10-29(24-39-31)44-15-13-43(14-16-44)17-19-50-21-23-51-22-20-49-18-12-38-36(48)52-37(3,4)5/h10-11,24-25,28H,6-9,12-23H2,1-5H3,(H,38,48)(H,39,40,41,42). The van der Waals surface area contributed by atoms with Crippen LogP contribution in [0, 0.1) is 6.92 Å². The van der Waals surface area contributed by atoms with Crippen molar-refractivity contribution in [3.8, 4) is 0 Å². The number of fused-ring (bicyclic) bond motifs is 1. The third kappa shape index (κ3) is 10.9. The average molecular weight is 723 g/mol. The first-order chi connectivity index (χ1) is 25.0. The Morgan fingerprint density at radius 1 is 0.904 bits per heavy atom. The number of rotatable bonds is 17. The van der Waals surface area contributed by atoms with Crippen LogP contribution in [0.4, 0.5) is 22.2 Å². The van der Waals surface area contributed by atoms with Crippen molar-refractivity contribution >= 4 is 40.4 Å². The van der Waals surface area contributed by atoms with Crippen LogP contribution in [-0.2, 0) is 18.9 Å². The van der Waals surface area contributed by atoms with Crippen LogP contribution in [0.1, 0.15) is 75.3 Å². The highest BCUT2D eigenvalue weighted by Crippen LogP contribution is 2.32. The first-order valence-corrected chi connectivity index (χ1v) is 18.3. The Morgan fingerprint density at radius 3 is 2.21 bits per heavy atom. The Kier molecular flexibility index (Phi) is 13.9. The number of hydrogen-bond donors (Lipinski definition) is 2. The summed E-state index contributed by atoms with van der Waals surface area (Å²) < 4.78 is 23.7. The predicted octanol–water partition coefficient (Wildman–Crippen LogP) is 4.25. The van der Waals surface area contributed by atoms with E-state index in [1.807, 2.05) is 39.1 Å². The molecular weight excluding hydrogens is 668 g/mol. The molecule has 15 nitrogen and oxygen atoms in total. The molecule has 0 aromatic carbocycles. The van der Waals surface area contributed by atoms with Gasteiger partial charge in [-0.3, -0.25) is 19.1 Å². The van der Waals surface area contributed by atoms with Crippen molar-refractivity contribution in [2.24, 2.45) is 0 Å². The number of alkyl carbamates (subject to hydrolysis) is 1. The summed E-state index contributed by atoms with van der Waals surface area (Å²) in [6, 6.07) is 3.97. The van der Waals surface area contributed by atoms with E-state index in [-0.39, 0.29) is 22.9 Å². The molecule has 1 amide bonds. The molecule has 0 spiro atoms. The lowest BCUT2D eigenvalue weighted by molar-refractivity contribution is 0.00999. The summed E-state index contributed by atoms with van der Waals surface area (Å²) in [7, 11) is 0. The van der Waals surface area contributed by atoms with E-state index in [9.17, 15) is 14.4 Å². The van der Waals surface area contributed by atoms with Crippen LogP contribution >= 0.6 is 0 Å². The number of Topliss-reactive ketones (excluding diaryl/α,β-unsaturated/α-hetero) is 1. The molecule has 0 unspecified atom stereocenters. The minimum atomic E-state index is -0.517. The molecule has 3 aromatic heterocycles. The molecule has 15 heteroatoms. The number of nitrogens with zero attached hydrogens (tertiary/aromatic N) is 6. The van der Waals surface area contributed by atoms with Gasteiger partial charge in [-0.1, -0.05) is 12.8 Å². The highest BCUT2D eigenvalue weighted by Gasteiger charge is 2.26. The minimum absolute atomic E-state index is 0.0212. The van der Waals surface area contributed by atoms with Gasteiger partial charge in [0.05, 0.1) is 57.1 Å². The lowest BCUT2D eigenvalue weighted by Gasteiger charge is -2.35. The van der Waals surface area contributed by atoms with Crippen LogP contribution in [0.15, 0.2) is 29.3 Å². The monoisotopic (exact) mass is 722 g/mol. The van der Waals surface area contributed by atoms with Gasteiger partial charge in [-0.15, -0.1) is 0 Å². The molecule has 1 saturated carbocycles. The predicted molar refractivity (Wildman–Crippen MR) is 199 cm³/mol. The van der Waals surface area contributed by atoms with E-state index in [1.54, 1.807) is 17.7 Å². The van der Waals surface area contributed by atoms with Crippen molar-refractivity contribution in [1.29, 1.82) is 0 Å². The summed E-state index contributed by atoms with van der Waals surface area (Å²) in [4.78, 5) is 56.1. The van der Waals surface area contributed by atoms with Gasteiger partial charge < -0.3 is 34.5 Å². The highest BCUT2D eigenvalue weighted by atomic mass is 16.6. The zero-order valence-electron chi connectivity index (χ0n) is 31.2. The van der Waals surface area contributed by atoms with Gasteiger partial charge in [-0.25, -0.2) is 14.8 Å². The normalized spacial score (nSPS) is 15.7. The smallest absolute Gasteiger partial charge is 0.407 e. The SMILES string of the molecule is CC(=O)c1c(C)c2cnc(Nc3ccc(N4CCN(CCOCCOCCOCCNC(=O)OC(C)(C)C)CC4)cn3)nc2n(C2CCCC2)c1=O. The maximum atomic E-state index is 13.5. The van der Waals surface area contributed by atoms with Crippen LogP contribution in [-0.4, -0.2) is 121 Å². The maximum Gasteiger partial charge on any atom is 0.407 e. The largest absolute Gasteiger partial charge is 0.444 e. The second kappa shape index (κ2) is 18.5. The van der Waals surface area contributed by atoms with Gasteiger partial charge in [0.25, 0.3) is 5.56 Å². The zero-order chi connectivity index (χ0) is 37.1. The Labute approximate surface area is 305 Å². The number of ketones is 1. The lowest BCUT2D eigenvalue weighted by Crippen LogP contribution is -2.47. The van der Waals surface area contributed by atoms with Crippen LogP contribution in [0.25, 0.3) is 11.0 Å². The molecule has 1 saturated heterocycles. The van der Waals surface area contributed by atoms with Crippen LogP contribution in [0.2, 0.25) is 0 Å². The summed E-state index contributed by atoms with van der Waals surface area (Å²) in [6.45, 7) is 16.5. The second-order valence-electron chi connectivity index (χ2n) is 14.2. The molecule has 5 rings (SSSR count). The van der Waals surface area contributed by atoms with Gasteiger partial charge >= 0.3 is 6.09 Å². The van der Waals surface area contributed by atoms with Gasteiger partial charge in [0.1, 0.15) is 17.1 Å². The number of piperazine rings is 1. The summed E-state index contributed by atoms with van der Waals surface area (Å²) >= 11 is 0. The second-order valence-corrected chi connectivity index (χ2v) is 14.2. The third-order valence-corrected chi connectivity index (χ3v) is 9.19. The number of pyridine rings is 2. The molecule has 2 fully saturated rings. The van der Waals surface area contributed by atoms with E-state index in [1.165, 1.54) is 6.92 Å². The Balaban J connectivity index is 0.993. The number of hydrogen-bond acceptors (Lipinski definition) is 13. The highest BCUT2D eigenvalue weighted by molar-refractivity contribution is 5.99. The van der Waals surface area contributed by atoms with Crippen molar-refractivity contribution in [2.45, 2.75) is 71.9 Å². The van der Waals surface area contributed by atoms with E-state index in [2.05, 4.69) is 30.4 Å². The maximum absolute atomic E-state index is 13.5. The summed E-state index contributed by atoms with van der Waals surface area (Å²) in [5.74, 6) is 0.723. The number of carbonyl (C=O) groups excluding carboxylic acids is 2. The van der Waals surface area contributed by atoms with Gasteiger partial charge in [-0.2, -0.15) is 4.98 Å². The number of amides is 1. The number of nitrogens with one attached hydrogen (secondary N) is 2. The van der Waals surface area contributed by atoms with E-state index in [0.717, 1.165) is 64.1 Å². The van der Waals surface area contributed by atoms with E-state index >= 15 is 0 Å². The molecule has 284 valence electrons. The fourth-order valence-corrected chi connectivity index (χ4v) is 6.58. The van der Waals surface area contributed by atoms with Crippen molar-refractivity contribution in [1.82, 2.24) is 29.7 Å². The number of carbonyl (C=O) groups is 2. The number of aryl methyl sites for hydroxylation is 1. The Morgan fingerprint density at radius 2 is 1.58 bits per heavy atom. The quantitative estimate of drug-likeness (QED) is 0.150. The van der Waals surface area contributed by atoms with E-state index in [0.29, 0.717) is 74.5 Å². The molecule has 2 aliphatic rings. The molecular formula is C37H54N8O7. The van der Waals surface area contributed by atoms with Crippen molar-refractivity contribution in [3.05, 3.63) is 46.0 Å². The molecule has 3 aromatic rings. The lowest BCUT2D eigenvalue weighted by atomic mass is 10.0. The van der Waals surface area contributed by atoms with Gasteiger partial charge in [-0.05, 0) is 65.2 Å². The molecule has 4 heterocycles. The Bertz CT molecular complexity index is 1700. The molecule has 0 radical (unpaired) electrons. The van der Waals surface area contributed by atoms with Crippen molar-refractivity contribution in [2.75, 3.05) is 89.1 Å². The first-order valence-electron chi connectivity index (χ1n) is 18.3. The fourth-order valence-electron chi connectivity index (χ4n) is 6.58. The van der Waals surface area contributed by atoms with E-state index in [4.69, 9.17) is 23.9 Å². The molecule has 2 N–H and O–H groups in total. The van der Waals surface area contributed by atoms with Gasteiger partial charge in [0, 0.05) is 56.9 Å². The summed E-state index contributed by atoms with van der Waals surface area (Å²) in [5, 5.41) is 6.57. The van der Waals surface area contributed by atoms with Crippen molar-refractivity contribution in [3.63, 3.8) is 0 Å². The summed E-state index contributed by atoms with van der Waals surface area (Å²) in [5.41, 5.74) is 1.66. The first kappa shape index (κ1) is 39.0. The molecule has 1 aliphatic heterocycles. The zero-order valence-corrected chi connectivity index (χ0v) is 31.2. The van der Waals surface area contributed by atoms with Crippen molar-refractivity contribution < 1.29 is 28.5 Å². The topological polar surface area (TPSA) is 162 Å². The van der Waals surface area contributed by atoms with E-state index < -0.39 is 11.7 Å². The third-order valence-electron chi connectivity index (χ3n) is 9.19. The average Bonchev–Trinajstić information content (AvgIpc) is 3.63. The van der Waals surface area contributed by atoms with Crippen LogP contribution in [0.5, 0.6) is 0 Å². The molecule has 0 bridgehead atoms. The van der Waals surface area contributed by atoms with Crippen LogP contribution < -0.4 is 21.1 Å². The fraction of sp³-hybridized carbons (Fsp3) is 0.622.